The number of nitrogens with two attached hydrogens (primary N) is 1. The smallest absolute Gasteiger partial charge is 0.345 e. The van der Waals surface area contributed by atoms with E-state index >= 15 is 0 Å². The first-order valence-corrected chi connectivity index (χ1v) is 7.69. The number of halogens is 4. The number of hydrogen-bond acceptors (Lipinski definition) is 6. The molecule has 3 rings (SSSR count). The second kappa shape index (κ2) is 6.58. The molecule has 1 aliphatic rings. The van der Waals surface area contributed by atoms with Crippen molar-refractivity contribution in [3.8, 4) is 0 Å². The largest absolute Gasteiger partial charge is 0.473 e. The van der Waals surface area contributed by atoms with Crippen molar-refractivity contribution in [3.63, 3.8) is 0 Å². The molecule has 2 aromatic rings. The van der Waals surface area contributed by atoms with Gasteiger partial charge in [-0.25, -0.2) is 25.2 Å². The zero-order chi connectivity index (χ0) is 19.8. The van der Waals surface area contributed by atoms with Gasteiger partial charge in [-0.1, -0.05) is 12.1 Å². The van der Waals surface area contributed by atoms with E-state index in [9.17, 15) is 27.2 Å². The minimum Gasteiger partial charge on any atom is -0.345 e. The molecule has 0 aliphatic heterocycles. The van der Waals surface area contributed by atoms with Crippen LogP contribution in [0.1, 0.15) is 28.8 Å². The summed E-state index contributed by atoms with van der Waals surface area (Å²) in [5, 5.41) is 2.52. The SMILES string of the molecule is NN(C(=O)c1cnc(NC2(c3ccc(F)cc3)CC2)nc1)C(=O)C(F)(F)F. The van der Waals surface area contributed by atoms with Gasteiger partial charge in [0.1, 0.15) is 5.82 Å². The number of hydrogen-bond donors (Lipinski definition) is 2. The second-order valence-corrected chi connectivity index (χ2v) is 5.99. The molecule has 1 heterocycles. The lowest BCUT2D eigenvalue weighted by Gasteiger charge is -2.18. The number of rotatable bonds is 4. The first-order valence-electron chi connectivity index (χ1n) is 7.69. The predicted octanol–water partition coefficient (Wildman–Crippen LogP) is 2.12. The summed E-state index contributed by atoms with van der Waals surface area (Å²) in [6.45, 7) is 0. The van der Waals surface area contributed by atoms with Crippen molar-refractivity contribution < 1.29 is 27.2 Å². The average Bonchev–Trinajstić information content (AvgIpc) is 3.41. The van der Waals surface area contributed by atoms with Gasteiger partial charge in [0.15, 0.2) is 0 Å². The number of benzene rings is 1. The van der Waals surface area contributed by atoms with Crippen LogP contribution in [0.25, 0.3) is 0 Å². The van der Waals surface area contributed by atoms with Crippen LogP contribution < -0.4 is 11.2 Å². The molecule has 0 bridgehead atoms. The fraction of sp³-hybridized carbons (Fsp3) is 0.250. The molecule has 0 unspecified atom stereocenters. The zero-order valence-electron chi connectivity index (χ0n) is 13.6. The van der Waals surface area contributed by atoms with Gasteiger partial charge in [0.25, 0.3) is 5.91 Å². The Morgan fingerprint density at radius 3 is 2.15 bits per heavy atom. The fourth-order valence-corrected chi connectivity index (χ4v) is 2.46. The maximum atomic E-state index is 13.1. The highest BCUT2D eigenvalue weighted by Crippen LogP contribution is 2.47. The molecule has 1 aliphatic carbocycles. The number of nitrogens with one attached hydrogen (secondary N) is 1. The summed E-state index contributed by atoms with van der Waals surface area (Å²) in [5.41, 5.74) is -0.0189. The summed E-state index contributed by atoms with van der Waals surface area (Å²) >= 11 is 0. The molecule has 27 heavy (non-hydrogen) atoms. The Kier molecular flexibility index (Phi) is 4.56. The van der Waals surface area contributed by atoms with Crippen LogP contribution in [0.5, 0.6) is 0 Å². The van der Waals surface area contributed by atoms with Crippen molar-refractivity contribution in [2.24, 2.45) is 5.84 Å². The van der Waals surface area contributed by atoms with Gasteiger partial charge in [0.05, 0.1) is 11.1 Å². The topological polar surface area (TPSA) is 101 Å². The molecule has 0 saturated heterocycles. The molecule has 1 aromatic carbocycles. The number of nitrogens with zero attached hydrogens (tertiary/aromatic N) is 3. The summed E-state index contributed by atoms with van der Waals surface area (Å²) in [7, 11) is 0. The molecule has 1 aromatic heterocycles. The van der Waals surface area contributed by atoms with Crippen LogP contribution >= 0.6 is 0 Å². The molecule has 7 nitrogen and oxygen atoms in total. The van der Waals surface area contributed by atoms with Gasteiger partial charge in [0, 0.05) is 12.4 Å². The van der Waals surface area contributed by atoms with Gasteiger partial charge in [-0.2, -0.15) is 13.2 Å². The molecule has 0 radical (unpaired) electrons. The van der Waals surface area contributed by atoms with Crippen LogP contribution in [-0.4, -0.2) is 33.0 Å². The Hall–Kier alpha value is -3.08. The molecule has 0 atom stereocenters. The van der Waals surface area contributed by atoms with Crippen molar-refractivity contribution in [2.75, 3.05) is 5.32 Å². The molecule has 11 heteroatoms. The van der Waals surface area contributed by atoms with E-state index < -0.39 is 28.5 Å². The van der Waals surface area contributed by atoms with Crippen molar-refractivity contribution in [2.45, 2.75) is 24.6 Å². The summed E-state index contributed by atoms with van der Waals surface area (Å²) in [6, 6.07) is 5.91. The van der Waals surface area contributed by atoms with Crippen molar-refractivity contribution in [3.05, 3.63) is 53.6 Å². The van der Waals surface area contributed by atoms with Crippen LogP contribution in [0.4, 0.5) is 23.5 Å². The van der Waals surface area contributed by atoms with Gasteiger partial charge in [-0.3, -0.25) is 9.59 Å². The van der Waals surface area contributed by atoms with Gasteiger partial charge in [-0.05, 0) is 30.5 Å². The van der Waals surface area contributed by atoms with Crippen molar-refractivity contribution in [1.82, 2.24) is 15.0 Å². The number of amides is 2. The normalized spacial score (nSPS) is 15.1. The van der Waals surface area contributed by atoms with Crippen LogP contribution in [0.2, 0.25) is 0 Å². The molecular weight excluding hydrogens is 370 g/mol. The quantitative estimate of drug-likeness (QED) is 0.363. The number of hydrazine groups is 1. The predicted molar refractivity (Wildman–Crippen MR) is 84.4 cm³/mol. The highest BCUT2D eigenvalue weighted by atomic mass is 19.4. The molecule has 2 amide bonds. The molecule has 1 fully saturated rings. The highest BCUT2D eigenvalue weighted by molar-refractivity contribution is 6.05. The molecule has 0 spiro atoms. The van der Waals surface area contributed by atoms with E-state index in [0.717, 1.165) is 30.8 Å². The Balaban J connectivity index is 1.71. The fourth-order valence-electron chi connectivity index (χ4n) is 2.46. The Bertz CT molecular complexity index is 864. The van der Waals surface area contributed by atoms with E-state index in [4.69, 9.17) is 5.84 Å². The van der Waals surface area contributed by atoms with Crippen LogP contribution in [0.15, 0.2) is 36.7 Å². The second-order valence-electron chi connectivity index (χ2n) is 5.99. The number of imide groups is 1. The van der Waals surface area contributed by atoms with E-state index in [1.165, 1.54) is 12.1 Å². The third-order valence-corrected chi connectivity index (χ3v) is 4.08. The van der Waals surface area contributed by atoms with Crippen LogP contribution in [0, 0.1) is 5.82 Å². The van der Waals surface area contributed by atoms with E-state index in [0.29, 0.717) is 0 Å². The number of carbonyl (C=O) groups is 2. The maximum Gasteiger partial charge on any atom is 0.473 e. The van der Waals surface area contributed by atoms with E-state index in [1.807, 2.05) is 0 Å². The number of aromatic nitrogens is 2. The Morgan fingerprint density at radius 2 is 1.67 bits per heavy atom. The van der Waals surface area contributed by atoms with E-state index in [1.54, 1.807) is 12.1 Å². The summed E-state index contributed by atoms with van der Waals surface area (Å²) in [6.07, 6.45) is -1.86. The van der Waals surface area contributed by atoms with E-state index in [-0.39, 0.29) is 17.3 Å². The van der Waals surface area contributed by atoms with E-state index in [2.05, 4.69) is 15.3 Å². The molecular formula is C16H13F4N5O2. The minimum atomic E-state index is -5.28. The van der Waals surface area contributed by atoms with Gasteiger partial charge < -0.3 is 5.32 Å². The van der Waals surface area contributed by atoms with Crippen LogP contribution in [-0.2, 0) is 10.3 Å². The molecule has 142 valence electrons. The summed E-state index contributed by atoms with van der Waals surface area (Å²) in [5.74, 6) is 0.803. The number of alkyl halides is 3. The average molecular weight is 383 g/mol. The van der Waals surface area contributed by atoms with Gasteiger partial charge in [-0.15, -0.1) is 0 Å². The summed E-state index contributed by atoms with van der Waals surface area (Å²) in [4.78, 5) is 30.6. The lowest BCUT2D eigenvalue weighted by Crippen LogP contribution is -2.49. The molecule has 1 saturated carbocycles. The Morgan fingerprint density at radius 1 is 1.11 bits per heavy atom. The van der Waals surface area contributed by atoms with Crippen molar-refractivity contribution >= 4 is 17.8 Å². The first-order chi connectivity index (χ1) is 12.6. The third-order valence-electron chi connectivity index (χ3n) is 4.08. The third kappa shape index (κ3) is 3.87. The Labute approximate surface area is 150 Å². The van der Waals surface area contributed by atoms with Crippen molar-refractivity contribution in [1.29, 1.82) is 0 Å². The van der Waals surface area contributed by atoms with Gasteiger partial charge in [0.2, 0.25) is 5.95 Å². The monoisotopic (exact) mass is 383 g/mol. The maximum absolute atomic E-state index is 13.1. The first kappa shape index (κ1) is 18.7. The lowest BCUT2D eigenvalue weighted by atomic mass is 10.1. The van der Waals surface area contributed by atoms with Gasteiger partial charge >= 0.3 is 12.1 Å². The standard InChI is InChI=1S/C16H13F4N5O2/c17-11-3-1-10(2-4-11)15(5-6-15)24-14-22-7-9(8-23-14)12(26)25(21)13(27)16(18,19)20/h1-4,7-8H,5-6,21H2,(H,22,23,24). The van der Waals surface area contributed by atoms with Crippen LogP contribution in [0.3, 0.4) is 0 Å². The molecule has 3 N–H and O–H groups in total. The minimum absolute atomic E-state index is 0.124. The number of anilines is 1. The number of carbonyl (C=O) groups excluding carboxylic acids is 2. The lowest BCUT2D eigenvalue weighted by molar-refractivity contribution is -0.182. The summed E-state index contributed by atoms with van der Waals surface area (Å²) < 4.78 is 50.0. The highest BCUT2D eigenvalue weighted by Gasteiger charge is 2.45. The zero-order valence-corrected chi connectivity index (χ0v) is 13.6.